The summed E-state index contributed by atoms with van der Waals surface area (Å²) >= 11 is 5.91. The highest BCUT2D eigenvalue weighted by Gasteiger charge is 2.29. The molecular weight excluding hydrogens is 281 g/mol. The van der Waals surface area contributed by atoms with E-state index in [4.69, 9.17) is 16.0 Å². The van der Waals surface area contributed by atoms with Crippen LogP contribution in [0.5, 0.6) is 0 Å². The number of nitrogens with zero attached hydrogens (tertiary/aromatic N) is 1. The topological polar surface area (TPSA) is 54.0 Å². The summed E-state index contributed by atoms with van der Waals surface area (Å²) in [6, 6.07) is 7.40. The second-order valence-corrected chi connectivity index (χ2v) is 4.80. The molecule has 0 fully saturated rings. The number of aryl methyl sites for hydroxylation is 2. The van der Waals surface area contributed by atoms with Gasteiger partial charge in [0, 0.05) is 10.6 Å². The monoisotopic (exact) mass is 291 g/mol. The molecule has 0 spiro atoms. The lowest BCUT2D eigenvalue weighted by atomic mass is 9.91. The van der Waals surface area contributed by atoms with Gasteiger partial charge in [0.05, 0.1) is 11.6 Å². The normalized spacial score (nSPS) is 11.9. The van der Waals surface area contributed by atoms with Crippen LogP contribution in [0.25, 0.3) is 0 Å². The molecule has 1 unspecified atom stereocenters. The van der Waals surface area contributed by atoms with E-state index in [0.29, 0.717) is 11.5 Å². The van der Waals surface area contributed by atoms with Crippen LogP contribution in [0.2, 0.25) is 5.02 Å². The third-order valence-corrected chi connectivity index (χ3v) is 3.32. The quantitative estimate of drug-likeness (QED) is 0.797. The average Bonchev–Trinajstić information content (AvgIpc) is 2.72. The minimum Gasteiger partial charge on any atom is -0.466 e. The Hall–Kier alpha value is -2.12. The Labute approximate surface area is 120 Å². The van der Waals surface area contributed by atoms with Gasteiger partial charge in [0.25, 0.3) is 0 Å². The molecule has 1 heterocycles. The van der Waals surface area contributed by atoms with E-state index in [1.54, 1.807) is 13.8 Å². The largest absolute Gasteiger partial charge is 0.466 e. The van der Waals surface area contributed by atoms with Crippen molar-refractivity contribution in [3.8, 4) is 6.07 Å². The molecular formula is C15H11ClFNO2. The summed E-state index contributed by atoms with van der Waals surface area (Å²) in [6.07, 6.45) is 0. The lowest BCUT2D eigenvalue weighted by Crippen LogP contribution is -2.13. The summed E-state index contributed by atoms with van der Waals surface area (Å²) in [4.78, 5) is 12.4. The molecule has 1 aromatic heterocycles. The van der Waals surface area contributed by atoms with Gasteiger partial charge in [-0.05, 0) is 32.0 Å². The zero-order chi connectivity index (χ0) is 14.9. The number of hydrogen-bond donors (Lipinski definition) is 0. The predicted octanol–water partition coefficient (Wildman–Crippen LogP) is 4.18. The van der Waals surface area contributed by atoms with Gasteiger partial charge in [-0.2, -0.15) is 5.26 Å². The number of ketones is 1. The fourth-order valence-corrected chi connectivity index (χ4v) is 2.34. The molecule has 1 aromatic carbocycles. The molecule has 0 radical (unpaired) electrons. The van der Waals surface area contributed by atoms with Gasteiger partial charge in [-0.1, -0.05) is 17.7 Å². The minimum atomic E-state index is -1.29. The van der Waals surface area contributed by atoms with Crippen molar-refractivity contribution in [3.63, 3.8) is 0 Å². The summed E-state index contributed by atoms with van der Waals surface area (Å²) in [6.45, 7) is 3.32. The van der Waals surface area contributed by atoms with Gasteiger partial charge in [0.2, 0.25) is 0 Å². The number of rotatable bonds is 3. The zero-order valence-electron chi connectivity index (χ0n) is 10.9. The highest BCUT2D eigenvalue weighted by molar-refractivity contribution is 6.32. The molecule has 2 rings (SSSR count). The molecule has 0 aliphatic carbocycles. The highest BCUT2D eigenvalue weighted by atomic mass is 35.5. The molecule has 2 aromatic rings. The number of halogens is 2. The van der Waals surface area contributed by atoms with Crippen LogP contribution in [-0.2, 0) is 0 Å². The molecule has 0 saturated carbocycles. The van der Waals surface area contributed by atoms with Gasteiger partial charge in [-0.3, -0.25) is 4.79 Å². The number of Topliss-reactive ketones (excluding diaryl/α,β-unsaturated/α-hetero) is 1. The summed E-state index contributed by atoms with van der Waals surface area (Å²) in [5.74, 6) is -1.52. The van der Waals surface area contributed by atoms with Gasteiger partial charge in [-0.15, -0.1) is 0 Å². The molecule has 0 N–H and O–H groups in total. The molecule has 0 aliphatic rings. The number of hydrogen-bond acceptors (Lipinski definition) is 3. The van der Waals surface area contributed by atoms with Crippen LogP contribution in [0.1, 0.15) is 33.4 Å². The van der Waals surface area contributed by atoms with E-state index in [9.17, 15) is 14.4 Å². The van der Waals surface area contributed by atoms with Gasteiger partial charge < -0.3 is 4.42 Å². The lowest BCUT2D eigenvalue weighted by molar-refractivity contribution is 0.0976. The lowest BCUT2D eigenvalue weighted by Gasteiger charge is -2.10. The van der Waals surface area contributed by atoms with Crippen LogP contribution in [-0.4, -0.2) is 5.78 Å². The van der Waals surface area contributed by atoms with Crippen molar-refractivity contribution in [2.24, 2.45) is 0 Å². The summed E-state index contributed by atoms with van der Waals surface area (Å²) in [7, 11) is 0. The highest BCUT2D eigenvalue weighted by Crippen LogP contribution is 2.31. The molecule has 0 amide bonds. The second-order valence-electron chi connectivity index (χ2n) is 4.39. The summed E-state index contributed by atoms with van der Waals surface area (Å²) in [5, 5.41) is 9.29. The number of nitriles is 1. The van der Waals surface area contributed by atoms with Crippen LogP contribution in [0, 0.1) is 31.0 Å². The van der Waals surface area contributed by atoms with Crippen LogP contribution in [0.3, 0.4) is 0 Å². The van der Waals surface area contributed by atoms with E-state index in [2.05, 4.69) is 0 Å². The molecule has 0 aliphatic heterocycles. The Bertz CT molecular complexity index is 695. The Balaban J connectivity index is 2.51. The maximum atomic E-state index is 13.9. The van der Waals surface area contributed by atoms with E-state index >= 15 is 0 Å². The first-order chi connectivity index (χ1) is 9.45. The van der Waals surface area contributed by atoms with Crippen molar-refractivity contribution in [3.05, 3.63) is 57.8 Å². The number of carbonyl (C=O) groups is 1. The van der Waals surface area contributed by atoms with Crippen molar-refractivity contribution in [2.45, 2.75) is 19.8 Å². The summed E-state index contributed by atoms with van der Waals surface area (Å²) < 4.78 is 19.1. The molecule has 5 heteroatoms. The Morgan fingerprint density at radius 1 is 1.45 bits per heavy atom. The third-order valence-electron chi connectivity index (χ3n) is 2.99. The van der Waals surface area contributed by atoms with Crippen molar-refractivity contribution in [1.29, 1.82) is 5.26 Å². The van der Waals surface area contributed by atoms with E-state index < -0.39 is 17.5 Å². The maximum absolute atomic E-state index is 13.9. The first kappa shape index (κ1) is 14.3. The standard InChI is InChI=1S/C15H11ClFNO2/c1-8-6-10(9(2)20-8)15(19)11(7-18)14-12(16)4-3-5-13(14)17/h3-6,11H,1-2H3. The van der Waals surface area contributed by atoms with Crippen LogP contribution in [0.4, 0.5) is 4.39 Å². The Morgan fingerprint density at radius 2 is 2.15 bits per heavy atom. The number of furan rings is 1. The molecule has 0 saturated heterocycles. The van der Waals surface area contributed by atoms with E-state index in [0.717, 1.165) is 0 Å². The van der Waals surface area contributed by atoms with E-state index in [1.807, 2.05) is 6.07 Å². The predicted molar refractivity (Wildman–Crippen MR) is 72.3 cm³/mol. The number of carbonyl (C=O) groups excluding carboxylic acids is 1. The van der Waals surface area contributed by atoms with Gasteiger partial charge in [0.15, 0.2) is 5.78 Å². The van der Waals surface area contributed by atoms with Crippen molar-refractivity contribution in [1.82, 2.24) is 0 Å². The maximum Gasteiger partial charge on any atom is 0.188 e. The smallest absolute Gasteiger partial charge is 0.188 e. The average molecular weight is 292 g/mol. The second kappa shape index (κ2) is 5.48. The Morgan fingerprint density at radius 3 is 2.65 bits per heavy atom. The first-order valence-electron chi connectivity index (χ1n) is 5.90. The van der Waals surface area contributed by atoms with Crippen LogP contribution >= 0.6 is 11.6 Å². The van der Waals surface area contributed by atoms with E-state index in [-0.39, 0.29) is 16.1 Å². The molecule has 20 heavy (non-hydrogen) atoms. The molecule has 1 atom stereocenters. The van der Waals surface area contributed by atoms with Gasteiger partial charge in [-0.25, -0.2) is 4.39 Å². The molecule has 3 nitrogen and oxygen atoms in total. The fraction of sp³-hybridized carbons (Fsp3) is 0.200. The van der Waals surface area contributed by atoms with Crippen molar-refractivity contribution < 1.29 is 13.6 Å². The van der Waals surface area contributed by atoms with Crippen molar-refractivity contribution in [2.75, 3.05) is 0 Å². The fourth-order valence-electron chi connectivity index (χ4n) is 2.07. The van der Waals surface area contributed by atoms with Crippen LogP contribution in [0.15, 0.2) is 28.7 Å². The minimum absolute atomic E-state index is 0.0581. The molecule has 102 valence electrons. The first-order valence-corrected chi connectivity index (χ1v) is 6.28. The Kier molecular flexibility index (Phi) is 3.91. The molecule has 0 bridgehead atoms. The third kappa shape index (κ3) is 2.45. The van der Waals surface area contributed by atoms with Crippen molar-refractivity contribution >= 4 is 17.4 Å². The SMILES string of the molecule is Cc1cc(C(=O)C(C#N)c2c(F)cccc2Cl)c(C)o1. The van der Waals surface area contributed by atoms with E-state index in [1.165, 1.54) is 24.3 Å². The summed E-state index contributed by atoms with van der Waals surface area (Å²) in [5.41, 5.74) is 0.174. The zero-order valence-corrected chi connectivity index (χ0v) is 11.7. The van der Waals surface area contributed by atoms with Gasteiger partial charge >= 0.3 is 0 Å². The van der Waals surface area contributed by atoms with Crippen LogP contribution < -0.4 is 0 Å². The van der Waals surface area contributed by atoms with Gasteiger partial charge in [0.1, 0.15) is 23.3 Å². The number of benzene rings is 1.